The van der Waals surface area contributed by atoms with Gasteiger partial charge in [0.1, 0.15) is 0 Å². The highest BCUT2D eigenvalue weighted by molar-refractivity contribution is 5.42. The Hall–Kier alpha value is -1.43. The van der Waals surface area contributed by atoms with Gasteiger partial charge in [0, 0.05) is 19.1 Å². The van der Waals surface area contributed by atoms with Crippen molar-refractivity contribution in [2.45, 2.75) is 25.8 Å². The molecule has 0 aromatic carbocycles. The van der Waals surface area contributed by atoms with Gasteiger partial charge in [-0.3, -0.25) is 0 Å². The molecule has 2 heterocycles. The highest BCUT2D eigenvalue weighted by atomic mass is 19.1. The zero-order chi connectivity index (χ0) is 13.0. The second-order valence-electron chi connectivity index (χ2n) is 4.71. The molecule has 0 spiro atoms. The molecule has 0 amide bonds. The first-order chi connectivity index (χ1) is 8.69. The standard InChI is InChI=1S/C12H20FN5/c1-3-5-14-12-15-7-10(13)11(17-12)16-9-4-6-18(2)8-9/h7,9H,3-6,8H2,1-2H3,(H2,14,15,16,17). The van der Waals surface area contributed by atoms with Crippen molar-refractivity contribution in [1.29, 1.82) is 0 Å². The van der Waals surface area contributed by atoms with Gasteiger partial charge in [0.05, 0.1) is 6.20 Å². The largest absolute Gasteiger partial charge is 0.363 e. The fraction of sp³-hybridized carbons (Fsp3) is 0.667. The maximum atomic E-state index is 13.6. The molecule has 1 unspecified atom stereocenters. The molecule has 6 heteroatoms. The molecule has 1 fully saturated rings. The molecule has 1 aliphatic rings. The van der Waals surface area contributed by atoms with Gasteiger partial charge in [-0.2, -0.15) is 4.98 Å². The summed E-state index contributed by atoms with van der Waals surface area (Å²) in [5.74, 6) is 0.377. The first kappa shape index (κ1) is 13.0. The first-order valence-corrected chi connectivity index (χ1v) is 6.40. The number of halogens is 1. The SMILES string of the molecule is CCCNc1ncc(F)c(NC2CCN(C)C2)n1. The minimum Gasteiger partial charge on any atom is -0.363 e. The van der Waals surface area contributed by atoms with Crippen LogP contribution in [0.3, 0.4) is 0 Å². The van der Waals surface area contributed by atoms with Crippen LogP contribution in [0.5, 0.6) is 0 Å². The molecule has 18 heavy (non-hydrogen) atoms. The van der Waals surface area contributed by atoms with Crippen LogP contribution >= 0.6 is 0 Å². The smallest absolute Gasteiger partial charge is 0.224 e. The van der Waals surface area contributed by atoms with E-state index in [1.165, 1.54) is 6.20 Å². The molecular weight excluding hydrogens is 233 g/mol. The summed E-state index contributed by atoms with van der Waals surface area (Å²) in [6.07, 6.45) is 3.21. The summed E-state index contributed by atoms with van der Waals surface area (Å²) >= 11 is 0. The van der Waals surface area contributed by atoms with Crippen molar-refractivity contribution < 1.29 is 4.39 Å². The number of likely N-dealkylation sites (N-methyl/N-ethyl adjacent to an activating group) is 1. The van der Waals surface area contributed by atoms with Crippen LogP contribution in [0.1, 0.15) is 19.8 Å². The quantitative estimate of drug-likeness (QED) is 0.834. The van der Waals surface area contributed by atoms with Crippen LogP contribution in [0.25, 0.3) is 0 Å². The van der Waals surface area contributed by atoms with Gasteiger partial charge in [-0.1, -0.05) is 6.92 Å². The Bertz CT molecular complexity index is 398. The number of hydrogen-bond acceptors (Lipinski definition) is 5. The molecule has 0 saturated carbocycles. The van der Waals surface area contributed by atoms with E-state index in [4.69, 9.17) is 0 Å². The van der Waals surface area contributed by atoms with Crippen LogP contribution in [0, 0.1) is 5.82 Å². The number of nitrogens with zero attached hydrogens (tertiary/aromatic N) is 3. The van der Waals surface area contributed by atoms with Crippen LogP contribution in [-0.2, 0) is 0 Å². The number of anilines is 2. The van der Waals surface area contributed by atoms with Gasteiger partial charge in [-0.25, -0.2) is 9.37 Å². The van der Waals surface area contributed by atoms with Crippen LogP contribution in [-0.4, -0.2) is 47.6 Å². The van der Waals surface area contributed by atoms with E-state index < -0.39 is 5.82 Å². The summed E-state index contributed by atoms with van der Waals surface area (Å²) in [6, 6.07) is 0.262. The molecule has 2 rings (SSSR count). The van der Waals surface area contributed by atoms with Crippen LogP contribution in [0.2, 0.25) is 0 Å². The Morgan fingerprint density at radius 1 is 1.56 bits per heavy atom. The minimum atomic E-state index is -0.397. The van der Waals surface area contributed by atoms with Gasteiger partial charge in [0.25, 0.3) is 0 Å². The Labute approximate surface area is 107 Å². The molecule has 0 radical (unpaired) electrons. The number of rotatable bonds is 5. The van der Waals surface area contributed by atoms with Crippen molar-refractivity contribution in [3.8, 4) is 0 Å². The topological polar surface area (TPSA) is 53.1 Å². The lowest BCUT2D eigenvalue weighted by Gasteiger charge is -2.14. The summed E-state index contributed by atoms with van der Waals surface area (Å²) in [5, 5.41) is 6.20. The predicted octanol–water partition coefficient (Wildman–Crippen LogP) is 1.55. The Morgan fingerprint density at radius 2 is 2.39 bits per heavy atom. The van der Waals surface area contributed by atoms with Crippen LogP contribution < -0.4 is 10.6 Å². The molecule has 100 valence electrons. The molecule has 0 aliphatic carbocycles. The van der Waals surface area contributed by atoms with Crippen molar-refractivity contribution in [3.05, 3.63) is 12.0 Å². The number of aromatic nitrogens is 2. The van der Waals surface area contributed by atoms with Crippen molar-refractivity contribution in [1.82, 2.24) is 14.9 Å². The summed E-state index contributed by atoms with van der Waals surface area (Å²) in [5.41, 5.74) is 0. The lowest BCUT2D eigenvalue weighted by molar-refractivity contribution is 0.413. The lowest BCUT2D eigenvalue weighted by atomic mass is 10.2. The summed E-state index contributed by atoms with van der Waals surface area (Å²) < 4.78 is 13.6. The molecule has 1 saturated heterocycles. The molecule has 1 aromatic heterocycles. The monoisotopic (exact) mass is 253 g/mol. The van der Waals surface area contributed by atoms with Gasteiger partial charge in [-0.15, -0.1) is 0 Å². The summed E-state index contributed by atoms with van der Waals surface area (Å²) in [7, 11) is 2.06. The van der Waals surface area contributed by atoms with Crippen LogP contribution in [0.15, 0.2) is 6.20 Å². The van der Waals surface area contributed by atoms with E-state index in [9.17, 15) is 4.39 Å². The normalized spacial score (nSPS) is 20.1. The molecule has 5 nitrogen and oxygen atoms in total. The van der Waals surface area contributed by atoms with E-state index in [0.717, 1.165) is 32.5 Å². The second kappa shape index (κ2) is 5.95. The van der Waals surface area contributed by atoms with E-state index in [1.54, 1.807) is 0 Å². The highest BCUT2D eigenvalue weighted by Crippen LogP contribution is 2.17. The molecule has 1 aliphatic heterocycles. The number of hydrogen-bond donors (Lipinski definition) is 2. The first-order valence-electron chi connectivity index (χ1n) is 6.40. The molecular formula is C12H20FN5. The lowest BCUT2D eigenvalue weighted by Crippen LogP contribution is -2.24. The van der Waals surface area contributed by atoms with E-state index in [-0.39, 0.29) is 6.04 Å². The van der Waals surface area contributed by atoms with E-state index >= 15 is 0 Å². The van der Waals surface area contributed by atoms with E-state index in [2.05, 4.69) is 39.5 Å². The average Bonchev–Trinajstić information content (AvgIpc) is 2.76. The molecule has 0 bridgehead atoms. The zero-order valence-corrected chi connectivity index (χ0v) is 10.9. The molecule has 1 aromatic rings. The Morgan fingerprint density at radius 3 is 3.06 bits per heavy atom. The van der Waals surface area contributed by atoms with Crippen molar-refractivity contribution in [2.75, 3.05) is 37.3 Å². The van der Waals surface area contributed by atoms with E-state index in [0.29, 0.717) is 11.8 Å². The van der Waals surface area contributed by atoms with Crippen LogP contribution in [0.4, 0.5) is 16.2 Å². The Balaban J connectivity index is 2.01. The van der Waals surface area contributed by atoms with Gasteiger partial charge >= 0.3 is 0 Å². The zero-order valence-electron chi connectivity index (χ0n) is 10.9. The van der Waals surface area contributed by atoms with Crippen molar-refractivity contribution in [3.63, 3.8) is 0 Å². The maximum absolute atomic E-state index is 13.6. The third-order valence-corrected chi connectivity index (χ3v) is 3.01. The van der Waals surface area contributed by atoms with Crippen molar-refractivity contribution >= 4 is 11.8 Å². The van der Waals surface area contributed by atoms with Crippen molar-refractivity contribution in [2.24, 2.45) is 0 Å². The van der Waals surface area contributed by atoms with Gasteiger partial charge in [-0.05, 0) is 26.4 Å². The minimum absolute atomic E-state index is 0.262. The Kier molecular flexibility index (Phi) is 4.30. The summed E-state index contributed by atoms with van der Waals surface area (Å²) in [4.78, 5) is 10.3. The fourth-order valence-corrected chi connectivity index (χ4v) is 2.04. The third kappa shape index (κ3) is 3.29. The van der Waals surface area contributed by atoms with Gasteiger partial charge < -0.3 is 15.5 Å². The fourth-order valence-electron chi connectivity index (χ4n) is 2.04. The van der Waals surface area contributed by atoms with Gasteiger partial charge in [0.2, 0.25) is 5.95 Å². The molecule has 1 atom stereocenters. The predicted molar refractivity (Wildman–Crippen MR) is 70.3 cm³/mol. The second-order valence-corrected chi connectivity index (χ2v) is 4.71. The summed E-state index contributed by atoms with van der Waals surface area (Å²) in [6.45, 7) is 4.80. The highest BCUT2D eigenvalue weighted by Gasteiger charge is 2.20. The number of nitrogens with one attached hydrogen (secondary N) is 2. The third-order valence-electron chi connectivity index (χ3n) is 3.01. The molecule has 2 N–H and O–H groups in total. The average molecular weight is 253 g/mol. The maximum Gasteiger partial charge on any atom is 0.224 e. The number of likely N-dealkylation sites (tertiary alicyclic amines) is 1. The van der Waals surface area contributed by atoms with Gasteiger partial charge in [0.15, 0.2) is 11.6 Å². The van der Waals surface area contributed by atoms with E-state index in [1.807, 2.05) is 0 Å².